The number of methoxy groups -OCH3 is 1. The molecule has 6 nitrogen and oxygen atoms in total. The van der Waals surface area contributed by atoms with Crippen molar-refractivity contribution in [1.29, 1.82) is 0 Å². The smallest absolute Gasteiger partial charge is 0.306 e. The SMILES string of the molecule is COC(=O)CCC(=O)NC1CCN(C(=O)c2ccc(C)cc2)CC1. The number of ether oxygens (including phenoxy) is 1. The molecule has 1 aromatic carbocycles. The van der Waals surface area contributed by atoms with Crippen molar-refractivity contribution in [3.63, 3.8) is 0 Å². The fraction of sp³-hybridized carbons (Fsp3) is 0.500. The predicted molar refractivity (Wildman–Crippen MR) is 89.5 cm³/mol. The Morgan fingerprint density at radius 2 is 1.75 bits per heavy atom. The van der Waals surface area contributed by atoms with Crippen LogP contribution in [-0.4, -0.2) is 48.9 Å². The Bertz CT molecular complexity index is 590. The summed E-state index contributed by atoms with van der Waals surface area (Å²) in [6.45, 7) is 3.23. The number of hydrogen-bond acceptors (Lipinski definition) is 4. The zero-order valence-corrected chi connectivity index (χ0v) is 14.2. The topological polar surface area (TPSA) is 75.7 Å². The predicted octanol–water partition coefficient (Wildman–Crippen LogP) is 1.67. The molecule has 0 radical (unpaired) electrons. The van der Waals surface area contributed by atoms with Gasteiger partial charge in [-0.1, -0.05) is 17.7 Å². The van der Waals surface area contributed by atoms with Gasteiger partial charge in [-0.15, -0.1) is 0 Å². The van der Waals surface area contributed by atoms with Crippen LogP contribution in [0.2, 0.25) is 0 Å². The maximum absolute atomic E-state index is 12.4. The first-order valence-corrected chi connectivity index (χ1v) is 8.21. The number of carbonyl (C=O) groups excluding carboxylic acids is 3. The van der Waals surface area contributed by atoms with E-state index in [0.717, 1.165) is 18.4 Å². The van der Waals surface area contributed by atoms with E-state index in [1.165, 1.54) is 7.11 Å². The Morgan fingerprint density at radius 1 is 1.12 bits per heavy atom. The van der Waals surface area contributed by atoms with E-state index in [0.29, 0.717) is 18.7 Å². The van der Waals surface area contributed by atoms with Crippen molar-refractivity contribution < 1.29 is 19.1 Å². The molecule has 0 saturated carbocycles. The first kappa shape index (κ1) is 18.0. The highest BCUT2D eigenvalue weighted by Gasteiger charge is 2.24. The molecule has 1 heterocycles. The van der Waals surface area contributed by atoms with E-state index in [4.69, 9.17) is 0 Å². The third kappa shape index (κ3) is 5.08. The molecule has 0 aromatic heterocycles. The Kier molecular flexibility index (Phi) is 6.35. The molecule has 6 heteroatoms. The summed E-state index contributed by atoms with van der Waals surface area (Å²) >= 11 is 0. The van der Waals surface area contributed by atoms with Crippen LogP contribution in [0.3, 0.4) is 0 Å². The van der Waals surface area contributed by atoms with E-state index in [1.807, 2.05) is 36.1 Å². The molecule has 24 heavy (non-hydrogen) atoms. The summed E-state index contributed by atoms with van der Waals surface area (Å²) in [4.78, 5) is 37.1. The third-order valence-corrected chi connectivity index (χ3v) is 4.23. The minimum absolute atomic E-state index is 0.0328. The first-order chi connectivity index (χ1) is 11.5. The zero-order chi connectivity index (χ0) is 17.5. The number of piperidine rings is 1. The van der Waals surface area contributed by atoms with Gasteiger partial charge in [0.15, 0.2) is 0 Å². The highest BCUT2D eigenvalue weighted by molar-refractivity contribution is 5.94. The normalized spacial score (nSPS) is 15.0. The lowest BCUT2D eigenvalue weighted by Gasteiger charge is -2.32. The van der Waals surface area contributed by atoms with Gasteiger partial charge in [-0.05, 0) is 31.9 Å². The highest BCUT2D eigenvalue weighted by Crippen LogP contribution is 2.15. The van der Waals surface area contributed by atoms with Crippen molar-refractivity contribution in [3.8, 4) is 0 Å². The van der Waals surface area contributed by atoms with E-state index in [-0.39, 0.29) is 36.7 Å². The van der Waals surface area contributed by atoms with Crippen molar-refractivity contribution in [2.75, 3.05) is 20.2 Å². The number of nitrogens with zero attached hydrogens (tertiary/aromatic N) is 1. The number of esters is 1. The van der Waals surface area contributed by atoms with Crippen LogP contribution in [0, 0.1) is 6.92 Å². The van der Waals surface area contributed by atoms with E-state index in [9.17, 15) is 14.4 Å². The summed E-state index contributed by atoms with van der Waals surface area (Å²) in [5, 5.41) is 2.92. The van der Waals surface area contributed by atoms with Gasteiger partial charge in [0.25, 0.3) is 5.91 Å². The van der Waals surface area contributed by atoms with Gasteiger partial charge in [-0.25, -0.2) is 0 Å². The van der Waals surface area contributed by atoms with Crippen molar-refractivity contribution in [1.82, 2.24) is 10.2 Å². The van der Waals surface area contributed by atoms with E-state index >= 15 is 0 Å². The fourth-order valence-electron chi connectivity index (χ4n) is 2.72. The van der Waals surface area contributed by atoms with Crippen LogP contribution in [-0.2, 0) is 14.3 Å². The fourth-order valence-corrected chi connectivity index (χ4v) is 2.72. The minimum Gasteiger partial charge on any atom is -0.469 e. The molecule has 0 unspecified atom stereocenters. The first-order valence-electron chi connectivity index (χ1n) is 8.21. The summed E-state index contributed by atoms with van der Waals surface area (Å²) < 4.78 is 4.52. The number of aryl methyl sites for hydroxylation is 1. The monoisotopic (exact) mass is 332 g/mol. The van der Waals surface area contributed by atoms with Gasteiger partial charge < -0.3 is 15.0 Å². The van der Waals surface area contributed by atoms with Gasteiger partial charge in [0.2, 0.25) is 5.91 Å². The van der Waals surface area contributed by atoms with Crippen LogP contribution < -0.4 is 5.32 Å². The second-order valence-corrected chi connectivity index (χ2v) is 6.08. The number of rotatable bonds is 5. The average molecular weight is 332 g/mol. The summed E-state index contributed by atoms with van der Waals surface area (Å²) in [7, 11) is 1.31. The lowest BCUT2D eigenvalue weighted by Crippen LogP contribution is -2.46. The molecule has 2 rings (SSSR count). The molecular weight excluding hydrogens is 308 g/mol. The van der Waals surface area contributed by atoms with E-state index < -0.39 is 0 Å². The average Bonchev–Trinajstić information content (AvgIpc) is 2.60. The van der Waals surface area contributed by atoms with Crippen LogP contribution in [0.5, 0.6) is 0 Å². The van der Waals surface area contributed by atoms with Gasteiger partial charge in [0.05, 0.1) is 13.5 Å². The number of nitrogens with one attached hydrogen (secondary N) is 1. The van der Waals surface area contributed by atoms with Gasteiger partial charge in [0.1, 0.15) is 0 Å². The molecule has 130 valence electrons. The number of carbonyl (C=O) groups is 3. The lowest BCUT2D eigenvalue weighted by molar-refractivity contribution is -0.142. The standard InChI is InChI=1S/C18H24N2O4/c1-13-3-5-14(6-4-13)18(23)20-11-9-15(10-12-20)19-16(21)7-8-17(22)24-2/h3-6,15H,7-12H2,1-2H3,(H,19,21). The molecule has 2 amide bonds. The summed E-state index contributed by atoms with van der Waals surface area (Å²) in [5.41, 5.74) is 1.82. The molecule has 1 N–H and O–H groups in total. The highest BCUT2D eigenvalue weighted by atomic mass is 16.5. The molecule has 1 saturated heterocycles. The quantitative estimate of drug-likeness (QED) is 0.832. The molecule has 1 aromatic rings. The maximum Gasteiger partial charge on any atom is 0.306 e. The van der Waals surface area contributed by atoms with E-state index in [1.54, 1.807) is 0 Å². The van der Waals surface area contributed by atoms with Crippen molar-refractivity contribution in [3.05, 3.63) is 35.4 Å². The minimum atomic E-state index is -0.385. The van der Waals surface area contributed by atoms with Crippen molar-refractivity contribution >= 4 is 17.8 Å². The molecule has 0 atom stereocenters. The molecular formula is C18H24N2O4. The Labute approximate surface area is 142 Å². The van der Waals surface area contributed by atoms with Crippen LogP contribution >= 0.6 is 0 Å². The van der Waals surface area contributed by atoms with E-state index in [2.05, 4.69) is 10.1 Å². The van der Waals surface area contributed by atoms with Crippen LogP contribution in [0.4, 0.5) is 0 Å². The van der Waals surface area contributed by atoms with Gasteiger partial charge in [0, 0.05) is 31.1 Å². The van der Waals surface area contributed by atoms with Crippen LogP contribution in [0.15, 0.2) is 24.3 Å². The molecule has 0 aliphatic carbocycles. The lowest BCUT2D eigenvalue weighted by atomic mass is 10.0. The number of amides is 2. The van der Waals surface area contributed by atoms with Crippen molar-refractivity contribution in [2.24, 2.45) is 0 Å². The van der Waals surface area contributed by atoms with Gasteiger partial charge >= 0.3 is 5.97 Å². The number of likely N-dealkylation sites (tertiary alicyclic amines) is 1. The van der Waals surface area contributed by atoms with Crippen LogP contribution in [0.25, 0.3) is 0 Å². The van der Waals surface area contributed by atoms with Gasteiger partial charge in [-0.3, -0.25) is 14.4 Å². The number of benzene rings is 1. The van der Waals surface area contributed by atoms with Gasteiger partial charge in [-0.2, -0.15) is 0 Å². The van der Waals surface area contributed by atoms with Crippen LogP contribution in [0.1, 0.15) is 41.6 Å². The summed E-state index contributed by atoms with van der Waals surface area (Å²) in [6, 6.07) is 7.61. The summed E-state index contributed by atoms with van der Waals surface area (Å²) in [6.07, 6.45) is 1.67. The maximum atomic E-state index is 12.4. The Morgan fingerprint density at radius 3 is 2.33 bits per heavy atom. The zero-order valence-electron chi connectivity index (χ0n) is 14.2. The molecule has 1 fully saturated rings. The Hall–Kier alpha value is -2.37. The van der Waals surface area contributed by atoms with Crippen molar-refractivity contribution in [2.45, 2.75) is 38.6 Å². The third-order valence-electron chi connectivity index (χ3n) is 4.23. The largest absolute Gasteiger partial charge is 0.469 e. The molecule has 0 bridgehead atoms. The molecule has 0 spiro atoms. The Balaban J connectivity index is 1.76. The molecule has 1 aliphatic rings. The summed E-state index contributed by atoms with van der Waals surface area (Å²) in [5.74, 6) is -0.502. The second kappa shape index (κ2) is 8.47. The number of hydrogen-bond donors (Lipinski definition) is 1. The second-order valence-electron chi connectivity index (χ2n) is 6.08. The molecule has 1 aliphatic heterocycles.